The number of likely N-dealkylation sites (N-methyl/N-ethyl adjacent to an activating group) is 1. The number of rotatable bonds is 4. The lowest BCUT2D eigenvalue weighted by Gasteiger charge is -2.38. The van der Waals surface area contributed by atoms with E-state index in [1.165, 1.54) is 5.56 Å². The van der Waals surface area contributed by atoms with Crippen LogP contribution >= 0.6 is 0 Å². The maximum absolute atomic E-state index is 13.2. The number of aryl methyl sites for hydroxylation is 1. The summed E-state index contributed by atoms with van der Waals surface area (Å²) in [4.78, 5) is 27.8. The Hall–Kier alpha value is -2.47. The Balaban J connectivity index is 1.96. The van der Waals surface area contributed by atoms with Gasteiger partial charge in [0, 0.05) is 26.3 Å². The predicted octanol–water partition coefficient (Wildman–Crippen LogP) is 2.07. The minimum atomic E-state index is -0.0863. The van der Waals surface area contributed by atoms with Gasteiger partial charge in [0.1, 0.15) is 11.5 Å². The van der Waals surface area contributed by atoms with Gasteiger partial charge >= 0.3 is 0 Å². The standard InChI is InChI=1S/C19H25N5O/c1-22(2)13-15-10-9-14-7-5-6-8-17(14)24(15)19(25)16-11-21-18(12-20-16)23(3)4/h5-8,11-12,15H,9-10,13H2,1-4H3. The Morgan fingerprint density at radius 1 is 1.16 bits per heavy atom. The topological polar surface area (TPSA) is 52.6 Å². The minimum Gasteiger partial charge on any atom is -0.361 e. The summed E-state index contributed by atoms with van der Waals surface area (Å²) in [5.41, 5.74) is 2.58. The van der Waals surface area contributed by atoms with Crippen molar-refractivity contribution in [2.75, 3.05) is 44.5 Å². The van der Waals surface area contributed by atoms with Crippen LogP contribution in [0, 0.1) is 0 Å². The molecule has 132 valence electrons. The zero-order valence-electron chi connectivity index (χ0n) is 15.3. The second-order valence-electron chi connectivity index (χ2n) is 6.91. The van der Waals surface area contributed by atoms with Crippen molar-refractivity contribution in [2.45, 2.75) is 18.9 Å². The van der Waals surface area contributed by atoms with Gasteiger partial charge < -0.3 is 14.7 Å². The number of benzene rings is 1. The third-order valence-corrected chi connectivity index (χ3v) is 4.47. The lowest BCUT2D eigenvalue weighted by Crippen LogP contribution is -2.48. The quantitative estimate of drug-likeness (QED) is 0.853. The molecule has 0 saturated heterocycles. The van der Waals surface area contributed by atoms with Crippen LogP contribution in [0.4, 0.5) is 11.5 Å². The van der Waals surface area contributed by atoms with E-state index in [-0.39, 0.29) is 11.9 Å². The van der Waals surface area contributed by atoms with Crippen LogP contribution in [-0.4, -0.2) is 61.6 Å². The molecule has 0 aliphatic carbocycles. The van der Waals surface area contributed by atoms with Crippen molar-refractivity contribution in [3.05, 3.63) is 47.9 Å². The fourth-order valence-electron chi connectivity index (χ4n) is 3.26. The first kappa shape index (κ1) is 17.4. The summed E-state index contributed by atoms with van der Waals surface area (Å²) in [5, 5.41) is 0. The van der Waals surface area contributed by atoms with Gasteiger partial charge in [-0.2, -0.15) is 0 Å². The molecule has 1 unspecified atom stereocenters. The highest BCUT2D eigenvalue weighted by Crippen LogP contribution is 2.32. The van der Waals surface area contributed by atoms with Gasteiger partial charge in [-0.05, 0) is 38.6 Å². The fraction of sp³-hybridized carbons (Fsp3) is 0.421. The number of fused-ring (bicyclic) bond motifs is 1. The molecule has 1 aliphatic heterocycles. The highest BCUT2D eigenvalue weighted by Gasteiger charge is 2.32. The van der Waals surface area contributed by atoms with E-state index in [1.807, 2.05) is 56.2 Å². The molecule has 1 aliphatic rings. The van der Waals surface area contributed by atoms with Crippen molar-refractivity contribution in [1.82, 2.24) is 14.9 Å². The Morgan fingerprint density at radius 2 is 1.92 bits per heavy atom. The summed E-state index contributed by atoms with van der Waals surface area (Å²) in [6, 6.07) is 8.27. The predicted molar refractivity (Wildman–Crippen MR) is 100 cm³/mol. The molecule has 6 nitrogen and oxygen atoms in total. The van der Waals surface area contributed by atoms with E-state index in [0.717, 1.165) is 30.9 Å². The molecule has 2 aromatic rings. The van der Waals surface area contributed by atoms with Crippen LogP contribution in [-0.2, 0) is 6.42 Å². The molecular weight excluding hydrogens is 314 g/mol. The molecule has 0 fully saturated rings. The molecule has 1 aromatic carbocycles. The van der Waals surface area contributed by atoms with Crippen molar-refractivity contribution < 1.29 is 4.79 Å². The molecule has 1 aromatic heterocycles. The zero-order chi connectivity index (χ0) is 18.0. The molecule has 25 heavy (non-hydrogen) atoms. The van der Waals surface area contributed by atoms with E-state index in [2.05, 4.69) is 20.9 Å². The van der Waals surface area contributed by atoms with Crippen LogP contribution in [0.1, 0.15) is 22.5 Å². The molecule has 0 radical (unpaired) electrons. The number of hydrogen-bond acceptors (Lipinski definition) is 5. The number of aromatic nitrogens is 2. The van der Waals surface area contributed by atoms with E-state index in [1.54, 1.807) is 12.4 Å². The average molecular weight is 339 g/mol. The van der Waals surface area contributed by atoms with Gasteiger partial charge in [0.05, 0.1) is 18.4 Å². The molecule has 6 heteroatoms. The molecule has 0 saturated carbocycles. The zero-order valence-corrected chi connectivity index (χ0v) is 15.3. The molecule has 0 N–H and O–H groups in total. The van der Waals surface area contributed by atoms with Crippen LogP contribution in [0.3, 0.4) is 0 Å². The number of amides is 1. The molecule has 0 bridgehead atoms. The van der Waals surface area contributed by atoms with Crippen molar-refractivity contribution >= 4 is 17.4 Å². The Kier molecular flexibility index (Phi) is 4.99. The third-order valence-electron chi connectivity index (χ3n) is 4.47. The fourth-order valence-corrected chi connectivity index (χ4v) is 3.26. The number of para-hydroxylation sites is 1. The van der Waals surface area contributed by atoms with Gasteiger partial charge in [-0.3, -0.25) is 4.79 Å². The maximum atomic E-state index is 13.2. The summed E-state index contributed by atoms with van der Waals surface area (Å²) >= 11 is 0. The van der Waals surface area contributed by atoms with E-state index in [4.69, 9.17) is 0 Å². The number of anilines is 2. The summed E-state index contributed by atoms with van der Waals surface area (Å²) in [7, 11) is 7.88. The highest BCUT2D eigenvalue weighted by atomic mass is 16.2. The van der Waals surface area contributed by atoms with Gasteiger partial charge in [-0.1, -0.05) is 18.2 Å². The smallest absolute Gasteiger partial charge is 0.278 e. The van der Waals surface area contributed by atoms with E-state index in [0.29, 0.717) is 5.69 Å². The van der Waals surface area contributed by atoms with E-state index in [9.17, 15) is 4.79 Å². The first-order chi connectivity index (χ1) is 12.0. The van der Waals surface area contributed by atoms with E-state index < -0.39 is 0 Å². The number of nitrogens with zero attached hydrogens (tertiary/aromatic N) is 5. The van der Waals surface area contributed by atoms with Gasteiger partial charge in [-0.15, -0.1) is 0 Å². The van der Waals surface area contributed by atoms with Crippen molar-refractivity contribution in [1.29, 1.82) is 0 Å². The summed E-state index contributed by atoms with van der Waals surface area (Å²) in [6.45, 7) is 0.823. The molecule has 3 rings (SSSR count). The number of hydrogen-bond donors (Lipinski definition) is 0. The van der Waals surface area contributed by atoms with Crippen LogP contribution in [0.25, 0.3) is 0 Å². The summed E-state index contributed by atoms with van der Waals surface area (Å²) in [6.07, 6.45) is 5.15. The van der Waals surface area contributed by atoms with Crippen molar-refractivity contribution in [3.63, 3.8) is 0 Å². The first-order valence-electron chi connectivity index (χ1n) is 8.53. The second kappa shape index (κ2) is 7.19. The monoisotopic (exact) mass is 339 g/mol. The average Bonchev–Trinajstić information content (AvgIpc) is 2.60. The summed E-state index contributed by atoms with van der Waals surface area (Å²) in [5.74, 6) is 0.650. The number of carbonyl (C=O) groups excluding carboxylic acids is 1. The minimum absolute atomic E-state index is 0.0863. The second-order valence-corrected chi connectivity index (χ2v) is 6.91. The van der Waals surface area contributed by atoms with Crippen molar-refractivity contribution in [3.8, 4) is 0 Å². The van der Waals surface area contributed by atoms with Crippen LogP contribution < -0.4 is 9.80 Å². The van der Waals surface area contributed by atoms with Gasteiger partial charge in [-0.25, -0.2) is 9.97 Å². The van der Waals surface area contributed by atoms with Gasteiger partial charge in [0.15, 0.2) is 0 Å². The van der Waals surface area contributed by atoms with E-state index >= 15 is 0 Å². The van der Waals surface area contributed by atoms with Crippen LogP contribution in [0.2, 0.25) is 0 Å². The van der Waals surface area contributed by atoms with Crippen LogP contribution in [0.5, 0.6) is 0 Å². The molecule has 1 amide bonds. The third kappa shape index (κ3) is 3.64. The Bertz CT molecular complexity index is 742. The Labute approximate surface area is 149 Å². The molecule has 2 heterocycles. The Morgan fingerprint density at radius 3 is 2.56 bits per heavy atom. The van der Waals surface area contributed by atoms with Gasteiger partial charge in [0.2, 0.25) is 0 Å². The molecule has 1 atom stereocenters. The lowest BCUT2D eigenvalue weighted by atomic mass is 9.95. The normalized spacial score (nSPS) is 16.7. The number of carbonyl (C=O) groups is 1. The molecule has 0 spiro atoms. The van der Waals surface area contributed by atoms with Crippen LogP contribution in [0.15, 0.2) is 36.7 Å². The first-order valence-corrected chi connectivity index (χ1v) is 8.53. The highest BCUT2D eigenvalue weighted by molar-refractivity contribution is 6.05. The maximum Gasteiger partial charge on any atom is 0.278 e. The SMILES string of the molecule is CN(C)CC1CCc2ccccc2N1C(=O)c1cnc(N(C)C)cn1. The largest absolute Gasteiger partial charge is 0.361 e. The van der Waals surface area contributed by atoms with Crippen molar-refractivity contribution in [2.24, 2.45) is 0 Å². The molecular formula is C19H25N5O. The lowest BCUT2D eigenvalue weighted by molar-refractivity contribution is 0.0963. The van der Waals surface area contributed by atoms with Gasteiger partial charge in [0.25, 0.3) is 5.91 Å². The summed E-state index contributed by atoms with van der Waals surface area (Å²) < 4.78 is 0.